The van der Waals surface area contributed by atoms with E-state index in [-0.39, 0.29) is 48.0 Å². The van der Waals surface area contributed by atoms with Gasteiger partial charge in [-0.2, -0.15) is 26.3 Å². The van der Waals surface area contributed by atoms with E-state index in [1.54, 1.807) is 0 Å². The van der Waals surface area contributed by atoms with Crippen molar-refractivity contribution in [2.75, 3.05) is 18.2 Å². The lowest BCUT2D eigenvalue weighted by atomic mass is 9.95. The first-order chi connectivity index (χ1) is 16.8. The van der Waals surface area contributed by atoms with Gasteiger partial charge in [0.2, 0.25) is 11.4 Å². The number of nitrogens with zero attached hydrogens (tertiary/aromatic N) is 3. The third-order valence-corrected chi connectivity index (χ3v) is 6.52. The third kappa shape index (κ3) is 5.05. The quantitative estimate of drug-likeness (QED) is 0.427. The van der Waals surface area contributed by atoms with Crippen LogP contribution in [0.5, 0.6) is 0 Å². The molecule has 0 bridgehead atoms. The molecule has 0 saturated carbocycles. The highest BCUT2D eigenvalue weighted by Crippen LogP contribution is 2.36. The minimum absolute atomic E-state index is 0.0427. The number of hydrogen-bond donors (Lipinski definition) is 0. The number of benzene rings is 1. The molecule has 4 rings (SSSR count). The number of hydrogen-bond acceptors (Lipinski definition) is 7. The van der Waals surface area contributed by atoms with Crippen LogP contribution in [-0.4, -0.2) is 53.8 Å². The Balaban J connectivity index is 1.47. The van der Waals surface area contributed by atoms with Crippen molar-refractivity contribution < 1.29 is 50.0 Å². The number of carbonyl (C=O) groups is 3. The number of anilines is 1. The predicted molar refractivity (Wildman–Crippen MR) is 111 cm³/mol. The predicted octanol–water partition coefficient (Wildman–Crippen LogP) is 4.39. The summed E-state index contributed by atoms with van der Waals surface area (Å²) in [6.45, 7) is 0.101. The number of amides is 1. The number of aliphatic imine (C=N–C) groups is 1. The first kappa shape index (κ1) is 25.6. The van der Waals surface area contributed by atoms with Gasteiger partial charge in [0.15, 0.2) is 0 Å². The van der Waals surface area contributed by atoms with Crippen LogP contribution in [-0.2, 0) is 9.63 Å². The van der Waals surface area contributed by atoms with Gasteiger partial charge in [-0.1, -0.05) is 0 Å². The molecule has 1 aromatic heterocycles. The van der Waals surface area contributed by atoms with Crippen molar-refractivity contribution >= 4 is 46.2 Å². The Morgan fingerprint density at radius 1 is 0.944 bits per heavy atom. The number of likely N-dealkylation sites (tertiary alicyclic amines) is 1. The summed E-state index contributed by atoms with van der Waals surface area (Å²) < 4.78 is 89.9. The number of ketones is 1. The molecule has 191 valence electrons. The van der Waals surface area contributed by atoms with Crippen LogP contribution >= 0.6 is 11.3 Å². The first-order valence-electron chi connectivity index (χ1n) is 10.2. The van der Waals surface area contributed by atoms with Crippen molar-refractivity contribution in [2.45, 2.75) is 25.2 Å². The maximum Gasteiger partial charge on any atom is 0.495 e. The van der Waals surface area contributed by atoms with Gasteiger partial charge in [-0.05, 0) is 47.2 Å². The summed E-state index contributed by atoms with van der Waals surface area (Å²) in [6.07, 6.45) is -10.1. The molecule has 2 aliphatic heterocycles. The van der Waals surface area contributed by atoms with Gasteiger partial charge in [0.05, 0.1) is 15.7 Å². The molecule has 1 saturated heterocycles. The number of Topliss-reactive ketones (excluding diaryl/α,β-unsaturated/α-hetero) is 1. The normalized spacial score (nSPS) is 16.6. The summed E-state index contributed by atoms with van der Waals surface area (Å²) >= 11 is 0.406. The SMILES string of the molecule is O=C(c1ccc(C(=O)C(F)(F)F)s1)N1CCC(C2=[N+]c3cc(F)ccc3N2OC(=O)C(F)(F)F)CC1. The molecule has 0 unspecified atom stereocenters. The second-order valence-corrected chi connectivity index (χ2v) is 8.91. The number of rotatable bonds is 4. The number of piperidine rings is 1. The molecule has 1 fully saturated rings. The van der Waals surface area contributed by atoms with E-state index >= 15 is 0 Å². The lowest BCUT2D eigenvalue weighted by Gasteiger charge is -2.30. The number of alkyl halides is 6. The monoisotopic (exact) mass is 537 g/mol. The number of halogens is 7. The molecule has 0 aliphatic carbocycles. The lowest BCUT2D eigenvalue weighted by molar-refractivity contribution is -0.199. The summed E-state index contributed by atoms with van der Waals surface area (Å²) in [6, 6.07) is 5.07. The average molecular weight is 537 g/mol. The van der Waals surface area contributed by atoms with Crippen molar-refractivity contribution in [1.29, 1.82) is 0 Å². The molecule has 0 atom stereocenters. The number of fused-ring (bicyclic) bond motifs is 1. The van der Waals surface area contributed by atoms with E-state index in [0.717, 1.165) is 30.3 Å². The van der Waals surface area contributed by atoms with E-state index in [1.807, 2.05) is 0 Å². The third-order valence-electron chi connectivity index (χ3n) is 5.45. The molecule has 36 heavy (non-hydrogen) atoms. The molecular formula is C21H14F7N3O4S+. The van der Waals surface area contributed by atoms with Crippen LogP contribution in [0.3, 0.4) is 0 Å². The van der Waals surface area contributed by atoms with E-state index in [0.29, 0.717) is 16.4 Å². The lowest BCUT2D eigenvalue weighted by Crippen LogP contribution is -2.46. The highest BCUT2D eigenvalue weighted by atomic mass is 32.1. The standard InChI is InChI=1S/C21H14F7N3O4S/c22-11-1-2-13-12(9-11)29-17(31(13)35-19(34)21(26,27)28)10-5-7-30(8-6-10)18(33)15-4-3-14(36-15)16(32)20(23,24)25/h1-4,9-10H,5-8H2/q+1. The fourth-order valence-electron chi connectivity index (χ4n) is 3.75. The molecule has 0 spiro atoms. The maximum absolute atomic E-state index is 13.6. The molecule has 0 N–H and O–H groups in total. The van der Waals surface area contributed by atoms with Crippen LogP contribution in [0.15, 0.2) is 30.3 Å². The van der Waals surface area contributed by atoms with Gasteiger partial charge in [-0.25, -0.2) is 14.0 Å². The van der Waals surface area contributed by atoms with Gasteiger partial charge in [-0.15, -0.1) is 11.3 Å². The Labute approximate surface area is 201 Å². The molecule has 3 heterocycles. The molecule has 2 aromatic rings. The van der Waals surface area contributed by atoms with Crippen molar-refractivity contribution in [3.63, 3.8) is 0 Å². The van der Waals surface area contributed by atoms with E-state index in [1.165, 1.54) is 4.90 Å². The summed E-state index contributed by atoms with van der Waals surface area (Å²) in [4.78, 5) is 44.8. The second-order valence-electron chi connectivity index (χ2n) is 7.83. The van der Waals surface area contributed by atoms with Gasteiger partial charge in [0.1, 0.15) is 5.82 Å². The summed E-state index contributed by atoms with van der Waals surface area (Å²) in [7, 11) is 0. The maximum atomic E-state index is 13.6. The van der Waals surface area contributed by atoms with Crippen LogP contribution < -0.4 is 10.1 Å². The van der Waals surface area contributed by atoms with Crippen molar-refractivity contribution in [3.05, 3.63) is 45.9 Å². The van der Waals surface area contributed by atoms with Gasteiger partial charge in [0, 0.05) is 19.2 Å². The molecule has 7 nitrogen and oxygen atoms in total. The Kier molecular flexibility index (Phi) is 6.53. The zero-order valence-corrected chi connectivity index (χ0v) is 18.6. The molecule has 1 aromatic carbocycles. The minimum Gasteiger partial charge on any atom is -0.338 e. The van der Waals surface area contributed by atoms with Crippen LogP contribution in [0, 0.1) is 11.7 Å². The Morgan fingerprint density at radius 2 is 1.58 bits per heavy atom. The molecule has 2 aliphatic rings. The minimum atomic E-state index is -5.29. The van der Waals surface area contributed by atoms with Gasteiger partial charge >= 0.3 is 24.2 Å². The number of thiophene rings is 1. The van der Waals surface area contributed by atoms with E-state index in [9.17, 15) is 45.1 Å². The topological polar surface area (TPSA) is 81.0 Å². The Bertz CT molecular complexity index is 1250. The highest BCUT2D eigenvalue weighted by Gasteiger charge is 2.51. The molecule has 1 amide bonds. The van der Waals surface area contributed by atoms with Crippen LogP contribution in [0.2, 0.25) is 0 Å². The van der Waals surface area contributed by atoms with Crippen LogP contribution in [0.4, 0.5) is 42.1 Å². The van der Waals surface area contributed by atoms with Crippen molar-refractivity contribution in [3.8, 4) is 0 Å². The summed E-state index contributed by atoms with van der Waals surface area (Å²) in [5, 5.41) is 0.598. The average Bonchev–Trinajstić information content (AvgIpc) is 3.42. The zero-order valence-electron chi connectivity index (χ0n) is 17.8. The largest absolute Gasteiger partial charge is 0.495 e. The van der Waals surface area contributed by atoms with Crippen molar-refractivity contribution in [1.82, 2.24) is 9.89 Å². The Hall–Kier alpha value is -3.49. The van der Waals surface area contributed by atoms with E-state index < -0.39 is 46.6 Å². The zero-order chi connectivity index (χ0) is 26.4. The Morgan fingerprint density at radius 3 is 2.19 bits per heavy atom. The summed E-state index contributed by atoms with van der Waals surface area (Å²) in [5.74, 6) is -6.54. The van der Waals surface area contributed by atoms with Gasteiger partial charge < -0.3 is 4.90 Å². The first-order valence-corrected chi connectivity index (χ1v) is 11.1. The molecule has 15 heteroatoms. The van der Waals surface area contributed by atoms with E-state index in [2.05, 4.69) is 9.83 Å². The fraction of sp³-hybridized carbons (Fsp3) is 0.333. The van der Waals surface area contributed by atoms with E-state index in [4.69, 9.17) is 0 Å². The number of amidine groups is 1. The van der Waals surface area contributed by atoms with Crippen molar-refractivity contribution in [2.24, 2.45) is 5.92 Å². The summed E-state index contributed by atoms with van der Waals surface area (Å²) in [5.41, 5.74) is -0.109. The smallest absolute Gasteiger partial charge is 0.338 e. The van der Waals surface area contributed by atoms with Gasteiger partial charge in [0.25, 0.3) is 11.7 Å². The van der Waals surface area contributed by atoms with Crippen LogP contribution in [0.1, 0.15) is 32.2 Å². The van der Waals surface area contributed by atoms with Gasteiger partial charge in [-0.3, -0.25) is 9.59 Å². The molecule has 1 radical (unpaired) electrons. The number of carbonyl (C=O) groups excluding carboxylic acids is 3. The number of hydroxylamine groups is 1. The second kappa shape index (κ2) is 9.19. The molecular weight excluding hydrogens is 523 g/mol. The fourth-order valence-corrected chi connectivity index (χ4v) is 4.68. The highest BCUT2D eigenvalue weighted by molar-refractivity contribution is 7.16. The van der Waals surface area contributed by atoms with Crippen LogP contribution in [0.25, 0.3) is 0 Å².